The van der Waals surface area contributed by atoms with Crippen LogP contribution >= 0.6 is 0 Å². The summed E-state index contributed by atoms with van der Waals surface area (Å²) in [5.41, 5.74) is 1.69. The molecule has 0 aliphatic carbocycles. The molecule has 0 radical (unpaired) electrons. The van der Waals surface area contributed by atoms with E-state index in [2.05, 4.69) is 25.2 Å². The number of pyridine rings is 1. The van der Waals surface area contributed by atoms with Gasteiger partial charge in [0, 0.05) is 31.5 Å². The second kappa shape index (κ2) is 6.83. The lowest BCUT2D eigenvalue weighted by Gasteiger charge is -2.34. The van der Waals surface area contributed by atoms with Gasteiger partial charge in [-0.1, -0.05) is 0 Å². The van der Waals surface area contributed by atoms with Crippen LogP contribution in [0, 0.1) is 11.3 Å². The third kappa shape index (κ3) is 3.61. The molecule has 3 heterocycles. The van der Waals surface area contributed by atoms with Crippen molar-refractivity contribution in [2.45, 2.75) is 18.9 Å². The zero-order valence-electron chi connectivity index (χ0n) is 12.5. The molecular weight excluding hydrogens is 292 g/mol. The molecular formula is C16H16N6O. The van der Waals surface area contributed by atoms with Crippen molar-refractivity contribution in [2.75, 3.05) is 18.0 Å². The fourth-order valence-corrected chi connectivity index (χ4v) is 2.64. The summed E-state index contributed by atoms with van der Waals surface area (Å²) < 4.78 is 0. The van der Waals surface area contributed by atoms with Gasteiger partial charge in [-0.3, -0.25) is 9.78 Å². The van der Waals surface area contributed by atoms with E-state index in [1.807, 2.05) is 12.1 Å². The highest BCUT2D eigenvalue weighted by Crippen LogP contribution is 2.19. The average Bonchev–Trinajstić information content (AvgIpc) is 2.63. The first kappa shape index (κ1) is 14.9. The Bertz CT molecular complexity index is 710. The maximum atomic E-state index is 12.2. The second-order valence-corrected chi connectivity index (χ2v) is 5.36. The quantitative estimate of drug-likeness (QED) is 0.913. The molecule has 3 rings (SSSR count). The smallest absolute Gasteiger partial charge is 0.271 e. The van der Waals surface area contributed by atoms with Crippen LogP contribution in [0.25, 0.3) is 0 Å². The minimum atomic E-state index is -0.206. The maximum Gasteiger partial charge on any atom is 0.271 e. The highest BCUT2D eigenvalue weighted by atomic mass is 16.1. The molecule has 1 aliphatic rings. The number of piperidine rings is 1. The SMILES string of the molecule is N#Cc1ccc(N2CCCC(NC(=O)c3cnccn3)C2)cn1. The van der Waals surface area contributed by atoms with Crippen LogP contribution < -0.4 is 10.2 Å². The first-order valence-corrected chi connectivity index (χ1v) is 7.44. The molecule has 0 saturated carbocycles. The first-order chi connectivity index (χ1) is 11.3. The molecule has 116 valence electrons. The number of hydrogen-bond donors (Lipinski definition) is 1. The molecule has 0 aromatic carbocycles. The van der Waals surface area contributed by atoms with E-state index >= 15 is 0 Å². The van der Waals surface area contributed by atoms with E-state index in [0.717, 1.165) is 25.1 Å². The van der Waals surface area contributed by atoms with Crippen LogP contribution in [0.15, 0.2) is 36.9 Å². The van der Waals surface area contributed by atoms with Crippen LogP contribution in [0.1, 0.15) is 29.0 Å². The third-order valence-electron chi connectivity index (χ3n) is 3.78. The van der Waals surface area contributed by atoms with Gasteiger partial charge in [0.25, 0.3) is 5.91 Å². The number of nitriles is 1. The fraction of sp³-hybridized carbons (Fsp3) is 0.312. The molecule has 1 saturated heterocycles. The van der Waals surface area contributed by atoms with Crippen LogP contribution in [-0.4, -0.2) is 40.0 Å². The molecule has 1 aliphatic heterocycles. The molecule has 1 unspecified atom stereocenters. The van der Waals surface area contributed by atoms with Gasteiger partial charge in [-0.15, -0.1) is 0 Å². The van der Waals surface area contributed by atoms with Crippen molar-refractivity contribution < 1.29 is 4.79 Å². The summed E-state index contributed by atoms with van der Waals surface area (Å²) in [5.74, 6) is -0.206. The predicted molar refractivity (Wildman–Crippen MR) is 83.7 cm³/mol. The van der Waals surface area contributed by atoms with Crippen molar-refractivity contribution in [3.63, 3.8) is 0 Å². The van der Waals surface area contributed by atoms with E-state index < -0.39 is 0 Å². The number of nitrogens with one attached hydrogen (secondary N) is 1. The Kier molecular flexibility index (Phi) is 4.43. The molecule has 23 heavy (non-hydrogen) atoms. The number of rotatable bonds is 3. The summed E-state index contributed by atoms with van der Waals surface area (Å²) in [6, 6.07) is 5.65. The molecule has 0 bridgehead atoms. The highest BCUT2D eigenvalue weighted by Gasteiger charge is 2.22. The van der Waals surface area contributed by atoms with Gasteiger partial charge < -0.3 is 10.2 Å². The minimum Gasteiger partial charge on any atom is -0.368 e. The number of hydrogen-bond acceptors (Lipinski definition) is 6. The number of amides is 1. The molecule has 2 aromatic rings. The second-order valence-electron chi connectivity index (χ2n) is 5.36. The van der Waals surface area contributed by atoms with Gasteiger partial charge in [-0.05, 0) is 25.0 Å². The van der Waals surface area contributed by atoms with Gasteiger partial charge in [0.15, 0.2) is 0 Å². The number of carbonyl (C=O) groups excluding carboxylic acids is 1. The van der Waals surface area contributed by atoms with Gasteiger partial charge >= 0.3 is 0 Å². The van der Waals surface area contributed by atoms with Gasteiger partial charge in [0.05, 0.1) is 18.1 Å². The Morgan fingerprint density at radius 3 is 2.91 bits per heavy atom. The lowest BCUT2D eigenvalue weighted by molar-refractivity contribution is 0.0927. The van der Waals surface area contributed by atoms with Crippen molar-refractivity contribution in [3.8, 4) is 6.07 Å². The normalized spacial score (nSPS) is 17.3. The van der Waals surface area contributed by atoms with Crippen LogP contribution in [0.3, 0.4) is 0 Å². The summed E-state index contributed by atoms with van der Waals surface area (Å²) >= 11 is 0. The van der Waals surface area contributed by atoms with Gasteiger partial charge in [-0.25, -0.2) is 9.97 Å². The zero-order valence-corrected chi connectivity index (χ0v) is 12.5. The molecule has 0 spiro atoms. The topological polar surface area (TPSA) is 94.8 Å². The Balaban J connectivity index is 1.64. The molecule has 1 fully saturated rings. The molecule has 1 atom stereocenters. The van der Waals surface area contributed by atoms with Gasteiger partial charge in [0.1, 0.15) is 17.5 Å². The van der Waals surface area contributed by atoms with E-state index in [0.29, 0.717) is 17.9 Å². The average molecular weight is 308 g/mol. The van der Waals surface area contributed by atoms with E-state index in [9.17, 15) is 4.79 Å². The Morgan fingerprint density at radius 1 is 1.30 bits per heavy atom. The number of aromatic nitrogens is 3. The van der Waals surface area contributed by atoms with Crippen LogP contribution in [-0.2, 0) is 0 Å². The molecule has 1 N–H and O–H groups in total. The predicted octanol–water partition coefficient (Wildman–Crippen LogP) is 1.14. The van der Waals surface area contributed by atoms with Gasteiger partial charge in [0.2, 0.25) is 0 Å². The summed E-state index contributed by atoms with van der Waals surface area (Å²) in [4.78, 5) is 26.3. The highest BCUT2D eigenvalue weighted by molar-refractivity contribution is 5.92. The van der Waals surface area contributed by atoms with Crippen LogP contribution in [0.4, 0.5) is 5.69 Å². The van der Waals surface area contributed by atoms with Crippen molar-refractivity contribution in [3.05, 3.63) is 48.3 Å². The van der Waals surface area contributed by atoms with E-state index in [1.54, 1.807) is 12.3 Å². The van der Waals surface area contributed by atoms with Gasteiger partial charge in [-0.2, -0.15) is 5.26 Å². The Hall–Kier alpha value is -3.01. The molecule has 7 heteroatoms. The number of carbonyl (C=O) groups is 1. The third-order valence-corrected chi connectivity index (χ3v) is 3.78. The first-order valence-electron chi connectivity index (χ1n) is 7.44. The Labute approximate surface area is 134 Å². The standard InChI is InChI=1S/C16H16N6O/c17-8-12-3-4-14(9-20-12)22-7-1-2-13(11-22)21-16(23)15-10-18-5-6-19-15/h3-6,9-10,13H,1-2,7,11H2,(H,21,23). The molecule has 1 amide bonds. The van der Waals surface area contributed by atoms with Crippen LogP contribution in [0.5, 0.6) is 0 Å². The van der Waals surface area contributed by atoms with Crippen molar-refractivity contribution in [1.29, 1.82) is 5.26 Å². The lowest BCUT2D eigenvalue weighted by Crippen LogP contribution is -2.48. The molecule has 2 aromatic heterocycles. The Morgan fingerprint density at radius 2 is 2.22 bits per heavy atom. The summed E-state index contributed by atoms with van der Waals surface area (Å²) in [5, 5.41) is 11.8. The fourth-order valence-electron chi connectivity index (χ4n) is 2.64. The summed E-state index contributed by atoms with van der Waals surface area (Å²) in [6.07, 6.45) is 8.10. The molecule has 7 nitrogen and oxygen atoms in total. The van der Waals surface area contributed by atoms with E-state index in [1.165, 1.54) is 18.6 Å². The summed E-state index contributed by atoms with van der Waals surface area (Å²) in [7, 11) is 0. The zero-order chi connectivity index (χ0) is 16.1. The van der Waals surface area contributed by atoms with Crippen LogP contribution in [0.2, 0.25) is 0 Å². The minimum absolute atomic E-state index is 0.0499. The van der Waals surface area contributed by atoms with E-state index in [-0.39, 0.29) is 11.9 Å². The number of anilines is 1. The number of nitrogens with zero attached hydrogens (tertiary/aromatic N) is 5. The monoisotopic (exact) mass is 308 g/mol. The van der Waals surface area contributed by atoms with Crippen molar-refractivity contribution in [2.24, 2.45) is 0 Å². The largest absolute Gasteiger partial charge is 0.368 e. The van der Waals surface area contributed by atoms with Crippen molar-refractivity contribution in [1.82, 2.24) is 20.3 Å². The lowest BCUT2D eigenvalue weighted by atomic mass is 10.0. The van der Waals surface area contributed by atoms with E-state index in [4.69, 9.17) is 5.26 Å². The maximum absolute atomic E-state index is 12.2. The van der Waals surface area contributed by atoms with Crippen molar-refractivity contribution >= 4 is 11.6 Å². The summed E-state index contributed by atoms with van der Waals surface area (Å²) in [6.45, 7) is 1.62.